The molecule has 0 spiro atoms. The molecule has 0 saturated heterocycles. The van der Waals surface area contributed by atoms with Crippen molar-refractivity contribution in [2.45, 2.75) is 32.2 Å². The van der Waals surface area contributed by atoms with Gasteiger partial charge in [-0.25, -0.2) is 4.98 Å². The molecule has 1 amide bonds. The maximum Gasteiger partial charge on any atom is 0.307 e. The molecule has 146 valence electrons. The van der Waals surface area contributed by atoms with Gasteiger partial charge in [-0.05, 0) is 24.1 Å². The molecule has 1 heterocycles. The summed E-state index contributed by atoms with van der Waals surface area (Å²) in [5.74, 6) is 0.453. The number of carbonyl (C=O) groups is 2. The number of esters is 1. The topological polar surface area (TPSA) is 86.8 Å². The van der Waals surface area contributed by atoms with E-state index in [4.69, 9.17) is 14.2 Å². The highest BCUT2D eigenvalue weighted by molar-refractivity contribution is 7.09. The summed E-state index contributed by atoms with van der Waals surface area (Å²) < 4.78 is 15.3. The monoisotopic (exact) mass is 392 g/mol. The smallest absolute Gasteiger partial charge is 0.307 e. The van der Waals surface area contributed by atoms with Gasteiger partial charge in [-0.1, -0.05) is 13.0 Å². The fourth-order valence-electron chi connectivity index (χ4n) is 2.57. The Morgan fingerprint density at radius 1 is 1.19 bits per heavy atom. The molecule has 0 aliphatic carbocycles. The molecule has 1 aromatic heterocycles. The molecule has 0 fully saturated rings. The van der Waals surface area contributed by atoms with Crippen molar-refractivity contribution in [3.05, 3.63) is 39.8 Å². The summed E-state index contributed by atoms with van der Waals surface area (Å²) in [5.41, 5.74) is 1.44. The molecule has 1 aromatic carbocycles. The summed E-state index contributed by atoms with van der Waals surface area (Å²) in [4.78, 5) is 28.7. The zero-order chi connectivity index (χ0) is 19.8. The second-order valence-electron chi connectivity index (χ2n) is 5.78. The van der Waals surface area contributed by atoms with Crippen molar-refractivity contribution in [2.24, 2.45) is 0 Å². The van der Waals surface area contributed by atoms with Gasteiger partial charge in [0.25, 0.3) is 0 Å². The van der Waals surface area contributed by atoms with E-state index in [0.29, 0.717) is 11.5 Å². The van der Waals surface area contributed by atoms with Crippen LogP contribution in [0.4, 0.5) is 0 Å². The lowest BCUT2D eigenvalue weighted by atomic mass is 10.0. The van der Waals surface area contributed by atoms with Crippen molar-refractivity contribution in [3.8, 4) is 11.5 Å². The number of ether oxygens (including phenoxy) is 3. The predicted molar refractivity (Wildman–Crippen MR) is 102 cm³/mol. The summed E-state index contributed by atoms with van der Waals surface area (Å²) in [5, 5.41) is 5.76. The molecule has 2 rings (SSSR count). The Bertz CT molecular complexity index is 790. The average molecular weight is 392 g/mol. The van der Waals surface area contributed by atoms with Crippen LogP contribution < -0.4 is 14.8 Å². The van der Waals surface area contributed by atoms with Gasteiger partial charge in [0, 0.05) is 5.38 Å². The van der Waals surface area contributed by atoms with Crippen LogP contribution in [0.3, 0.4) is 0 Å². The number of nitrogens with zero attached hydrogens (tertiary/aromatic N) is 1. The summed E-state index contributed by atoms with van der Waals surface area (Å²) in [7, 11) is 4.39. The third-order valence-corrected chi connectivity index (χ3v) is 5.03. The van der Waals surface area contributed by atoms with Crippen molar-refractivity contribution in [2.75, 3.05) is 21.3 Å². The van der Waals surface area contributed by atoms with Gasteiger partial charge in [-0.3, -0.25) is 9.59 Å². The average Bonchev–Trinajstić information content (AvgIpc) is 3.14. The lowest BCUT2D eigenvalue weighted by Gasteiger charge is -2.19. The standard InChI is InChI=1S/C19H24N2O5S/c1-5-18-20-13(11-27-18)9-17(22)21-14(10-19(23)26-4)12-6-7-15(24-2)16(8-12)25-3/h6-8,11,14H,5,9-10H2,1-4H3,(H,21,22). The third kappa shape index (κ3) is 5.68. The molecular formula is C19H24N2O5S. The second kappa shape index (κ2) is 9.91. The summed E-state index contributed by atoms with van der Waals surface area (Å²) in [6.45, 7) is 2.02. The molecule has 27 heavy (non-hydrogen) atoms. The van der Waals surface area contributed by atoms with E-state index in [9.17, 15) is 9.59 Å². The minimum atomic E-state index is -0.547. The Balaban J connectivity index is 2.18. The molecule has 1 N–H and O–H groups in total. The second-order valence-corrected chi connectivity index (χ2v) is 6.72. The molecule has 0 aliphatic heterocycles. The molecule has 0 radical (unpaired) electrons. The van der Waals surface area contributed by atoms with E-state index < -0.39 is 12.0 Å². The van der Waals surface area contributed by atoms with Crippen LogP contribution in [0.25, 0.3) is 0 Å². The van der Waals surface area contributed by atoms with Crippen molar-refractivity contribution < 1.29 is 23.8 Å². The molecule has 0 bridgehead atoms. The molecule has 7 nitrogen and oxygen atoms in total. The summed E-state index contributed by atoms with van der Waals surface area (Å²) >= 11 is 1.53. The van der Waals surface area contributed by atoms with E-state index in [1.165, 1.54) is 25.6 Å². The molecule has 1 unspecified atom stereocenters. The van der Waals surface area contributed by atoms with Crippen LogP contribution in [-0.2, 0) is 27.2 Å². The number of methoxy groups -OCH3 is 3. The van der Waals surface area contributed by atoms with Crippen LogP contribution in [0, 0.1) is 0 Å². The van der Waals surface area contributed by atoms with Crippen molar-refractivity contribution in [1.29, 1.82) is 0 Å². The fourth-order valence-corrected chi connectivity index (χ4v) is 3.32. The Morgan fingerprint density at radius 2 is 1.93 bits per heavy atom. The number of nitrogens with one attached hydrogen (secondary N) is 1. The summed E-state index contributed by atoms with van der Waals surface area (Å²) in [6, 6.07) is 4.71. The maximum absolute atomic E-state index is 12.5. The highest BCUT2D eigenvalue weighted by Crippen LogP contribution is 2.31. The van der Waals surface area contributed by atoms with Gasteiger partial charge in [0.15, 0.2) is 11.5 Å². The minimum absolute atomic E-state index is 0.00893. The number of thiazole rings is 1. The van der Waals surface area contributed by atoms with Gasteiger partial charge >= 0.3 is 5.97 Å². The van der Waals surface area contributed by atoms with Gasteiger partial charge in [-0.2, -0.15) is 0 Å². The van der Waals surface area contributed by atoms with Crippen LogP contribution >= 0.6 is 11.3 Å². The highest BCUT2D eigenvalue weighted by atomic mass is 32.1. The molecule has 8 heteroatoms. The lowest BCUT2D eigenvalue weighted by molar-refractivity contribution is -0.141. The Kier molecular flexibility index (Phi) is 7.60. The highest BCUT2D eigenvalue weighted by Gasteiger charge is 2.21. The van der Waals surface area contributed by atoms with Crippen LogP contribution in [0.2, 0.25) is 0 Å². The number of amides is 1. The maximum atomic E-state index is 12.5. The SMILES string of the molecule is CCc1nc(CC(=O)NC(CC(=O)OC)c2ccc(OC)c(OC)c2)cs1. The zero-order valence-corrected chi connectivity index (χ0v) is 16.7. The van der Waals surface area contributed by atoms with E-state index in [1.807, 2.05) is 12.3 Å². The molecule has 0 aliphatic rings. The minimum Gasteiger partial charge on any atom is -0.493 e. The van der Waals surface area contributed by atoms with Gasteiger partial charge in [-0.15, -0.1) is 11.3 Å². The van der Waals surface area contributed by atoms with Crippen molar-refractivity contribution in [1.82, 2.24) is 10.3 Å². The molecule has 2 aromatic rings. The number of aromatic nitrogens is 1. The number of aryl methyl sites for hydroxylation is 1. The molecular weight excluding hydrogens is 368 g/mol. The van der Waals surface area contributed by atoms with Gasteiger partial charge < -0.3 is 19.5 Å². The van der Waals surface area contributed by atoms with Crippen LogP contribution in [0.15, 0.2) is 23.6 Å². The largest absolute Gasteiger partial charge is 0.493 e. The van der Waals surface area contributed by atoms with E-state index in [0.717, 1.165) is 22.7 Å². The number of benzene rings is 1. The van der Waals surface area contributed by atoms with Gasteiger partial charge in [0.1, 0.15) is 0 Å². The lowest BCUT2D eigenvalue weighted by Crippen LogP contribution is -2.31. The van der Waals surface area contributed by atoms with E-state index in [2.05, 4.69) is 10.3 Å². The van der Waals surface area contributed by atoms with Crippen LogP contribution in [0.1, 0.15) is 35.7 Å². The van der Waals surface area contributed by atoms with Crippen LogP contribution in [0.5, 0.6) is 11.5 Å². The third-order valence-electron chi connectivity index (χ3n) is 3.99. The molecule has 1 atom stereocenters. The quantitative estimate of drug-likeness (QED) is 0.660. The van der Waals surface area contributed by atoms with E-state index >= 15 is 0 Å². The van der Waals surface area contributed by atoms with Crippen molar-refractivity contribution >= 4 is 23.2 Å². The molecule has 0 saturated carbocycles. The fraction of sp³-hybridized carbons (Fsp3) is 0.421. The first-order chi connectivity index (χ1) is 13.0. The first kappa shape index (κ1) is 20.7. The van der Waals surface area contributed by atoms with E-state index in [1.54, 1.807) is 25.3 Å². The number of hydrogen-bond donors (Lipinski definition) is 1. The number of carbonyl (C=O) groups excluding carboxylic acids is 2. The Labute approximate surface area is 162 Å². The van der Waals surface area contributed by atoms with Crippen molar-refractivity contribution in [3.63, 3.8) is 0 Å². The normalized spacial score (nSPS) is 11.6. The van der Waals surface area contributed by atoms with Gasteiger partial charge in [0.05, 0.1) is 50.9 Å². The Hall–Kier alpha value is -2.61. The van der Waals surface area contributed by atoms with E-state index in [-0.39, 0.29) is 18.7 Å². The van der Waals surface area contributed by atoms with Crippen LogP contribution in [-0.4, -0.2) is 38.2 Å². The number of hydrogen-bond acceptors (Lipinski definition) is 7. The first-order valence-corrected chi connectivity index (χ1v) is 9.40. The Morgan fingerprint density at radius 3 is 2.52 bits per heavy atom. The van der Waals surface area contributed by atoms with Gasteiger partial charge in [0.2, 0.25) is 5.91 Å². The predicted octanol–water partition coefficient (Wildman–Crippen LogP) is 2.69. The number of rotatable bonds is 9. The zero-order valence-electron chi connectivity index (χ0n) is 15.9. The summed E-state index contributed by atoms with van der Waals surface area (Å²) in [6.07, 6.45) is 0.999. The first-order valence-electron chi connectivity index (χ1n) is 8.52.